The number of morpholine rings is 1. The van der Waals surface area contributed by atoms with Crippen LogP contribution in [0.3, 0.4) is 0 Å². The number of ether oxygens (including phenoxy) is 2. The molecule has 2 N–H and O–H groups in total. The first-order valence-corrected chi connectivity index (χ1v) is 5.67. The molecule has 1 aliphatic heterocycles. The fourth-order valence-electron chi connectivity index (χ4n) is 1.51. The molecular weight excluding hydrogens is 208 g/mol. The minimum absolute atomic E-state index is 0.334. The van der Waals surface area contributed by atoms with Crippen molar-refractivity contribution in [1.82, 2.24) is 4.90 Å². The van der Waals surface area contributed by atoms with E-state index in [0.29, 0.717) is 19.8 Å². The van der Waals surface area contributed by atoms with Gasteiger partial charge >= 0.3 is 5.97 Å². The van der Waals surface area contributed by atoms with Crippen molar-refractivity contribution in [1.29, 1.82) is 0 Å². The zero-order valence-corrected chi connectivity index (χ0v) is 10.4. The summed E-state index contributed by atoms with van der Waals surface area (Å²) in [4.78, 5) is 13.8. The topological polar surface area (TPSA) is 64.8 Å². The van der Waals surface area contributed by atoms with Crippen LogP contribution >= 0.6 is 0 Å². The van der Waals surface area contributed by atoms with Gasteiger partial charge in [0.15, 0.2) is 0 Å². The largest absolute Gasteiger partial charge is 0.459 e. The monoisotopic (exact) mass is 230 g/mol. The highest BCUT2D eigenvalue weighted by Crippen LogP contribution is 2.08. The van der Waals surface area contributed by atoms with Crippen LogP contribution < -0.4 is 5.73 Å². The number of hydrogen-bond donors (Lipinski definition) is 1. The molecule has 0 aromatic carbocycles. The predicted molar refractivity (Wildman–Crippen MR) is 61.1 cm³/mol. The van der Waals surface area contributed by atoms with Crippen molar-refractivity contribution in [2.24, 2.45) is 5.73 Å². The minimum atomic E-state index is -0.572. The van der Waals surface area contributed by atoms with Crippen molar-refractivity contribution in [2.45, 2.75) is 32.4 Å². The molecule has 1 atom stereocenters. The summed E-state index contributed by atoms with van der Waals surface area (Å²) in [6.07, 6.45) is 0. The Morgan fingerprint density at radius 2 is 2.00 bits per heavy atom. The van der Waals surface area contributed by atoms with Crippen LogP contribution in [0.5, 0.6) is 0 Å². The van der Waals surface area contributed by atoms with E-state index in [1.165, 1.54) is 0 Å². The number of rotatable bonds is 3. The molecule has 16 heavy (non-hydrogen) atoms. The highest BCUT2D eigenvalue weighted by molar-refractivity contribution is 5.76. The molecule has 0 aromatic heterocycles. The molecule has 0 spiro atoms. The molecule has 1 saturated heterocycles. The second kappa shape index (κ2) is 5.61. The van der Waals surface area contributed by atoms with E-state index in [1.807, 2.05) is 20.8 Å². The Balaban J connectivity index is 2.33. The molecule has 94 valence electrons. The summed E-state index contributed by atoms with van der Waals surface area (Å²) in [7, 11) is 0. The van der Waals surface area contributed by atoms with E-state index >= 15 is 0 Å². The van der Waals surface area contributed by atoms with Gasteiger partial charge in [0.2, 0.25) is 0 Å². The first-order chi connectivity index (χ1) is 7.38. The standard InChI is InChI=1S/C11H22N2O3/c1-11(2,3)16-10(14)9(12)8-13-4-6-15-7-5-13/h9H,4-8,12H2,1-3H3. The van der Waals surface area contributed by atoms with Crippen molar-refractivity contribution >= 4 is 5.97 Å². The molecule has 0 bridgehead atoms. The number of nitrogens with two attached hydrogens (primary N) is 1. The second-order valence-corrected chi connectivity index (χ2v) is 5.05. The zero-order chi connectivity index (χ0) is 12.2. The molecule has 0 radical (unpaired) electrons. The highest BCUT2D eigenvalue weighted by Gasteiger charge is 2.24. The second-order valence-electron chi connectivity index (χ2n) is 5.05. The summed E-state index contributed by atoms with van der Waals surface area (Å²) < 4.78 is 10.4. The molecule has 5 nitrogen and oxygen atoms in total. The zero-order valence-electron chi connectivity index (χ0n) is 10.4. The predicted octanol–water partition coefficient (Wildman–Crippen LogP) is -0.0124. The van der Waals surface area contributed by atoms with Gasteiger partial charge in [-0.1, -0.05) is 0 Å². The molecule has 0 aliphatic carbocycles. The van der Waals surface area contributed by atoms with Crippen LogP contribution in [-0.2, 0) is 14.3 Å². The number of esters is 1. The van der Waals surface area contributed by atoms with Crippen LogP contribution in [0.15, 0.2) is 0 Å². The van der Waals surface area contributed by atoms with Crippen molar-refractivity contribution in [2.75, 3.05) is 32.8 Å². The third-order valence-electron chi connectivity index (χ3n) is 2.27. The lowest BCUT2D eigenvalue weighted by Gasteiger charge is -2.29. The van der Waals surface area contributed by atoms with Crippen LogP contribution in [0.2, 0.25) is 0 Å². The van der Waals surface area contributed by atoms with E-state index in [4.69, 9.17) is 15.2 Å². The molecule has 0 aromatic rings. The SMILES string of the molecule is CC(C)(C)OC(=O)C(N)CN1CCOCC1. The van der Waals surface area contributed by atoms with Crippen LogP contribution in [0, 0.1) is 0 Å². The molecule has 5 heteroatoms. The summed E-state index contributed by atoms with van der Waals surface area (Å²) >= 11 is 0. The first kappa shape index (κ1) is 13.4. The number of hydrogen-bond acceptors (Lipinski definition) is 5. The Morgan fingerprint density at radius 3 is 2.50 bits per heavy atom. The summed E-state index contributed by atoms with van der Waals surface area (Å²) in [6.45, 7) is 9.14. The lowest BCUT2D eigenvalue weighted by molar-refractivity contribution is -0.157. The van der Waals surface area contributed by atoms with Crippen molar-refractivity contribution < 1.29 is 14.3 Å². The molecular formula is C11H22N2O3. The number of carbonyl (C=O) groups excluding carboxylic acids is 1. The average Bonchev–Trinajstić information content (AvgIpc) is 2.16. The summed E-state index contributed by atoms with van der Waals surface area (Å²) in [5.74, 6) is -0.334. The number of nitrogens with zero attached hydrogens (tertiary/aromatic N) is 1. The Labute approximate surface area is 96.9 Å². The summed E-state index contributed by atoms with van der Waals surface area (Å²) in [6, 6.07) is -0.572. The Kier molecular flexibility index (Phi) is 4.70. The van der Waals surface area contributed by atoms with Gasteiger partial charge in [0.1, 0.15) is 11.6 Å². The van der Waals surface area contributed by atoms with Gasteiger partial charge in [-0.2, -0.15) is 0 Å². The van der Waals surface area contributed by atoms with Crippen LogP contribution in [0.4, 0.5) is 0 Å². The van der Waals surface area contributed by atoms with E-state index in [2.05, 4.69) is 4.90 Å². The lowest BCUT2D eigenvalue weighted by atomic mass is 10.2. The quantitative estimate of drug-likeness (QED) is 0.691. The van der Waals surface area contributed by atoms with E-state index in [-0.39, 0.29) is 5.97 Å². The minimum Gasteiger partial charge on any atom is -0.459 e. The maximum atomic E-state index is 11.6. The highest BCUT2D eigenvalue weighted by atomic mass is 16.6. The summed E-state index contributed by atoms with van der Waals surface area (Å²) in [5.41, 5.74) is 5.33. The fourth-order valence-corrected chi connectivity index (χ4v) is 1.51. The first-order valence-electron chi connectivity index (χ1n) is 5.67. The van der Waals surface area contributed by atoms with Gasteiger partial charge in [-0.25, -0.2) is 0 Å². The third-order valence-corrected chi connectivity index (χ3v) is 2.27. The Morgan fingerprint density at radius 1 is 1.44 bits per heavy atom. The van der Waals surface area contributed by atoms with Gasteiger partial charge in [0, 0.05) is 19.6 Å². The van der Waals surface area contributed by atoms with E-state index < -0.39 is 11.6 Å². The van der Waals surface area contributed by atoms with Crippen LogP contribution in [0.25, 0.3) is 0 Å². The fraction of sp³-hybridized carbons (Fsp3) is 0.909. The van der Waals surface area contributed by atoms with Gasteiger partial charge in [-0.15, -0.1) is 0 Å². The molecule has 0 amide bonds. The van der Waals surface area contributed by atoms with Crippen molar-refractivity contribution in [3.8, 4) is 0 Å². The molecule has 1 aliphatic rings. The van der Waals surface area contributed by atoms with Gasteiger partial charge < -0.3 is 15.2 Å². The Hall–Kier alpha value is -0.650. The van der Waals surface area contributed by atoms with Crippen molar-refractivity contribution in [3.63, 3.8) is 0 Å². The maximum absolute atomic E-state index is 11.6. The van der Waals surface area contributed by atoms with E-state index in [1.54, 1.807) is 0 Å². The van der Waals surface area contributed by atoms with E-state index in [9.17, 15) is 4.79 Å². The van der Waals surface area contributed by atoms with Gasteiger partial charge in [0.05, 0.1) is 13.2 Å². The maximum Gasteiger partial charge on any atom is 0.324 e. The Bertz CT molecular complexity index is 232. The molecule has 1 fully saturated rings. The van der Waals surface area contributed by atoms with Gasteiger partial charge in [0.25, 0.3) is 0 Å². The van der Waals surface area contributed by atoms with Crippen LogP contribution in [-0.4, -0.2) is 55.4 Å². The van der Waals surface area contributed by atoms with Crippen LogP contribution in [0.1, 0.15) is 20.8 Å². The number of carbonyl (C=O) groups is 1. The van der Waals surface area contributed by atoms with E-state index in [0.717, 1.165) is 13.1 Å². The molecule has 1 rings (SSSR count). The van der Waals surface area contributed by atoms with Gasteiger partial charge in [-0.05, 0) is 20.8 Å². The molecule has 1 heterocycles. The normalized spacial score (nSPS) is 20.5. The average molecular weight is 230 g/mol. The molecule has 1 unspecified atom stereocenters. The third kappa shape index (κ3) is 4.92. The van der Waals surface area contributed by atoms with Crippen molar-refractivity contribution in [3.05, 3.63) is 0 Å². The summed E-state index contributed by atoms with van der Waals surface area (Å²) in [5, 5.41) is 0. The smallest absolute Gasteiger partial charge is 0.324 e. The molecule has 0 saturated carbocycles. The lowest BCUT2D eigenvalue weighted by Crippen LogP contribution is -2.48. The van der Waals surface area contributed by atoms with Gasteiger partial charge in [-0.3, -0.25) is 9.69 Å².